The van der Waals surface area contributed by atoms with Crippen LogP contribution in [0.2, 0.25) is 5.02 Å². The number of halogens is 1. The normalized spacial score (nSPS) is 19.9. The van der Waals surface area contributed by atoms with Crippen molar-refractivity contribution in [1.29, 1.82) is 0 Å². The maximum absolute atomic E-state index is 13.2. The van der Waals surface area contributed by atoms with Crippen molar-refractivity contribution in [3.8, 4) is 11.5 Å². The van der Waals surface area contributed by atoms with Crippen LogP contribution in [0, 0.1) is 0 Å². The average molecular weight is 533 g/mol. The lowest BCUT2D eigenvalue weighted by atomic mass is 9.99. The Kier molecular flexibility index (Phi) is 8.63. The number of thiocarbonyl (C=S) groups is 1. The van der Waals surface area contributed by atoms with Gasteiger partial charge in [0.25, 0.3) is 5.91 Å². The third kappa shape index (κ3) is 5.89. The number of nitrogens with one attached hydrogen (secondary N) is 2. The SMILES string of the molecule is COc1c(Cl)cccc1NC(=S)C1=C(N(C)c2ccncc2OCC2COCCO2)C[C@@H](C)NC1=O. The molecule has 0 aliphatic carbocycles. The highest BCUT2D eigenvalue weighted by Gasteiger charge is 2.31. The minimum absolute atomic E-state index is 0.0822. The maximum atomic E-state index is 13.2. The van der Waals surface area contributed by atoms with E-state index in [4.69, 9.17) is 42.8 Å². The van der Waals surface area contributed by atoms with Gasteiger partial charge in [0.05, 0.1) is 55.1 Å². The molecule has 0 saturated carbocycles. The first-order valence-electron chi connectivity index (χ1n) is 11.6. The lowest BCUT2D eigenvalue weighted by Gasteiger charge is -2.33. The molecule has 2 aliphatic heterocycles. The summed E-state index contributed by atoms with van der Waals surface area (Å²) in [6.45, 7) is 3.88. The van der Waals surface area contributed by atoms with Gasteiger partial charge in [-0.15, -0.1) is 0 Å². The van der Waals surface area contributed by atoms with E-state index in [1.54, 1.807) is 30.6 Å². The summed E-state index contributed by atoms with van der Waals surface area (Å²) in [4.78, 5) is 19.6. The van der Waals surface area contributed by atoms with Crippen molar-refractivity contribution in [2.75, 3.05) is 50.8 Å². The van der Waals surface area contributed by atoms with Gasteiger partial charge in [0.15, 0.2) is 11.5 Å². The van der Waals surface area contributed by atoms with E-state index < -0.39 is 0 Å². The number of para-hydroxylation sites is 1. The molecule has 2 N–H and O–H groups in total. The number of carbonyl (C=O) groups is 1. The van der Waals surface area contributed by atoms with E-state index >= 15 is 0 Å². The highest BCUT2D eigenvalue weighted by Crippen LogP contribution is 2.35. The summed E-state index contributed by atoms with van der Waals surface area (Å²) in [7, 11) is 3.41. The maximum Gasteiger partial charge on any atom is 0.256 e. The molecule has 9 nitrogen and oxygen atoms in total. The Hall–Kier alpha value is -2.92. The van der Waals surface area contributed by atoms with Crippen LogP contribution in [0.25, 0.3) is 0 Å². The van der Waals surface area contributed by atoms with Crippen LogP contribution in [0.4, 0.5) is 11.4 Å². The number of methoxy groups -OCH3 is 1. The van der Waals surface area contributed by atoms with E-state index in [2.05, 4.69) is 15.6 Å². The fraction of sp³-hybridized carbons (Fsp3) is 0.400. The fourth-order valence-corrected chi connectivity index (χ4v) is 4.70. The van der Waals surface area contributed by atoms with E-state index in [1.807, 2.05) is 24.9 Å². The number of anilines is 2. The molecule has 1 aromatic carbocycles. The van der Waals surface area contributed by atoms with Crippen LogP contribution in [0.1, 0.15) is 13.3 Å². The van der Waals surface area contributed by atoms with E-state index in [-0.39, 0.29) is 23.0 Å². The van der Waals surface area contributed by atoms with Crippen LogP contribution in [0.15, 0.2) is 47.9 Å². The molecule has 0 bridgehead atoms. The number of ether oxygens (including phenoxy) is 4. The quantitative estimate of drug-likeness (QED) is 0.495. The van der Waals surface area contributed by atoms with Gasteiger partial charge in [0.2, 0.25) is 0 Å². The van der Waals surface area contributed by atoms with Crippen LogP contribution in [-0.2, 0) is 14.3 Å². The summed E-state index contributed by atoms with van der Waals surface area (Å²) in [5.41, 5.74) is 2.43. The average Bonchev–Trinajstić information content (AvgIpc) is 2.87. The summed E-state index contributed by atoms with van der Waals surface area (Å²) in [5, 5.41) is 6.55. The van der Waals surface area contributed by atoms with Gasteiger partial charge in [-0.05, 0) is 25.1 Å². The first-order chi connectivity index (χ1) is 17.4. The van der Waals surface area contributed by atoms with Crippen molar-refractivity contribution in [3.05, 3.63) is 53.0 Å². The molecule has 0 spiro atoms. The molecular weight excluding hydrogens is 504 g/mol. The number of amides is 1. The van der Waals surface area contributed by atoms with Gasteiger partial charge in [-0.2, -0.15) is 0 Å². The van der Waals surface area contributed by atoms with Gasteiger partial charge in [0, 0.05) is 31.4 Å². The monoisotopic (exact) mass is 532 g/mol. The van der Waals surface area contributed by atoms with Gasteiger partial charge in [0.1, 0.15) is 17.7 Å². The lowest BCUT2D eigenvalue weighted by Crippen LogP contribution is -2.44. The van der Waals surface area contributed by atoms with E-state index in [0.29, 0.717) is 60.6 Å². The summed E-state index contributed by atoms with van der Waals surface area (Å²) >= 11 is 12.0. The molecule has 2 atom stereocenters. The number of hydrogen-bond donors (Lipinski definition) is 2. The van der Waals surface area contributed by atoms with Crippen molar-refractivity contribution in [2.45, 2.75) is 25.5 Å². The predicted octanol–water partition coefficient (Wildman–Crippen LogP) is 3.58. The molecule has 4 rings (SSSR count). The Morgan fingerprint density at radius 1 is 1.36 bits per heavy atom. The minimum atomic E-state index is -0.265. The number of aromatic nitrogens is 1. The Labute approximate surface area is 220 Å². The third-order valence-corrected chi connectivity index (χ3v) is 6.48. The van der Waals surface area contributed by atoms with Crippen molar-refractivity contribution < 1.29 is 23.7 Å². The van der Waals surface area contributed by atoms with Crippen LogP contribution >= 0.6 is 23.8 Å². The summed E-state index contributed by atoms with van der Waals surface area (Å²) in [6.07, 6.45) is 3.73. The zero-order chi connectivity index (χ0) is 25.7. The molecule has 0 radical (unpaired) electrons. The molecule has 2 aromatic rings. The van der Waals surface area contributed by atoms with E-state index in [1.165, 1.54) is 7.11 Å². The van der Waals surface area contributed by atoms with Crippen LogP contribution in [-0.4, -0.2) is 68.6 Å². The number of carbonyl (C=O) groups excluding carboxylic acids is 1. The standard InChI is InChI=1S/C25H29ClN4O5S/c1-15-11-20(22(24(31)28-15)25(36)29-18-6-4-5-17(26)23(18)32-3)30(2)19-7-8-27-12-21(19)35-14-16-13-33-9-10-34-16/h4-8,12,15-16H,9-11,13-14H2,1-3H3,(H,28,31)(H,29,36)/t15-,16?/m1/s1. The Morgan fingerprint density at radius 3 is 2.94 bits per heavy atom. The number of benzene rings is 1. The first kappa shape index (κ1) is 26.2. The molecule has 192 valence electrons. The highest BCUT2D eigenvalue weighted by atomic mass is 35.5. The zero-order valence-electron chi connectivity index (χ0n) is 20.4. The Morgan fingerprint density at radius 2 is 2.19 bits per heavy atom. The number of pyridine rings is 1. The summed E-state index contributed by atoms with van der Waals surface area (Å²) < 4.78 is 22.6. The molecule has 36 heavy (non-hydrogen) atoms. The van der Waals surface area contributed by atoms with E-state index in [0.717, 1.165) is 11.4 Å². The largest absolute Gasteiger partial charge is 0.493 e. The van der Waals surface area contributed by atoms with Gasteiger partial charge >= 0.3 is 0 Å². The number of nitrogens with zero attached hydrogens (tertiary/aromatic N) is 2. The second kappa shape index (κ2) is 11.9. The van der Waals surface area contributed by atoms with Gasteiger partial charge in [-0.3, -0.25) is 9.78 Å². The van der Waals surface area contributed by atoms with Crippen molar-refractivity contribution in [1.82, 2.24) is 10.3 Å². The lowest BCUT2D eigenvalue weighted by molar-refractivity contribution is -0.118. The molecule has 3 heterocycles. The molecule has 1 unspecified atom stereocenters. The second-order valence-corrected chi connectivity index (χ2v) is 9.27. The van der Waals surface area contributed by atoms with Gasteiger partial charge < -0.3 is 34.5 Å². The fourth-order valence-electron chi connectivity index (χ4n) is 4.13. The molecule has 1 saturated heterocycles. The van der Waals surface area contributed by atoms with Crippen molar-refractivity contribution in [3.63, 3.8) is 0 Å². The minimum Gasteiger partial charge on any atom is -0.493 e. The third-order valence-electron chi connectivity index (χ3n) is 5.88. The Balaban J connectivity index is 1.64. The number of rotatable bonds is 8. The van der Waals surface area contributed by atoms with Gasteiger partial charge in [-0.25, -0.2) is 0 Å². The molecule has 1 amide bonds. The Bertz CT molecular complexity index is 1160. The van der Waals surface area contributed by atoms with Crippen LogP contribution in [0.5, 0.6) is 11.5 Å². The predicted molar refractivity (Wildman–Crippen MR) is 142 cm³/mol. The molecule has 1 aromatic heterocycles. The summed E-state index contributed by atoms with van der Waals surface area (Å²) in [6, 6.07) is 7.04. The molecule has 2 aliphatic rings. The molecule has 1 fully saturated rings. The zero-order valence-corrected chi connectivity index (χ0v) is 21.9. The second-order valence-electron chi connectivity index (χ2n) is 8.46. The smallest absolute Gasteiger partial charge is 0.256 e. The van der Waals surface area contributed by atoms with Gasteiger partial charge in [-0.1, -0.05) is 29.9 Å². The number of hydrogen-bond acceptors (Lipinski definition) is 8. The van der Waals surface area contributed by atoms with Crippen LogP contribution < -0.4 is 25.0 Å². The summed E-state index contributed by atoms with van der Waals surface area (Å²) in [5.74, 6) is 0.744. The topological polar surface area (TPSA) is 94.2 Å². The molecule has 11 heteroatoms. The molecular formula is C25H29ClN4O5S. The van der Waals surface area contributed by atoms with Crippen molar-refractivity contribution >= 4 is 46.1 Å². The first-order valence-corrected chi connectivity index (χ1v) is 12.4. The van der Waals surface area contributed by atoms with E-state index in [9.17, 15) is 4.79 Å². The van der Waals surface area contributed by atoms with Crippen LogP contribution in [0.3, 0.4) is 0 Å². The highest BCUT2D eigenvalue weighted by molar-refractivity contribution is 7.81. The van der Waals surface area contributed by atoms with Crippen molar-refractivity contribution in [2.24, 2.45) is 0 Å².